The summed E-state index contributed by atoms with van der Waals surface area (Å²) in [6, 6.07) is 51.3. The summed E-state index contributed by atoms with van der Waals surface area (Å²) in [4.78, 5) is 3.70. The van der Waals surface area contributed by atoms with Gasteiger partial charge in [-0.3, -0.25) is 0 Å². The SMILES string of the molecule is [2H]c1c([2H])c(-n2c3c([2H])c([2H])c([2H])c([2H])c3c3c([2H])c(C(C)(C)C)c([2H])c([2H])c32)c([2H])c2c1B1c3c(cc(-c4ccc5oc6ccccc6c5c4)cc3N(c3c(-c4ccccc4)cc(C(C)(C)C)cc3-c3ccccc3)c3c([2H])c(-n4c5c([2H])c([2H])c([2H])c([2H])c5c5c([2H])c(C(C)(C)C)c([2H])c([2H])c54)c([2H])c(C([2H])([2H])[2H])c31)N2c1c(-c2ccccc2)cc(C(C)(C)C)cc1-c1ccccc1. The van der Waals surface area contributed by atoms with E-state index in [9.17, 15) is 30.2 Å². The monoisotopic (exact) mass is 1480 g/mol. The maximum atomic E-state index is 12.2. The lowest BCUT2D eigenvalue weighted by atomic mass is 9.32. The molecule has 20 rings (SSSR count). The van der Waals surface area contributed by atoms with Crippen LogP contribution >= 0.6 is 0 Å². The summed E-state index contributed by atoms with van der Waals surface area (Å²) in [5, 5.41) is 0.438. The van der Waals surface area contributed by atoms with Crippen LogP contribution in [0.2, 0.25) is 0 Å². The van der Waals surface area contributed by atoms with Gasteiger partial charge in [0, 0.05) is 92.8 Å². The molecule has 18 aromatic rings. The molecular weight excluding hydrogens is 1370 g/mol. The van der Waals surface area contributed by atoms with Gasteiger partial charge in [0.25, 0.3) is 6.71 Å². The fourth-order valence-corrected chi connectivity index (χ4v) is 16.7. The minimum Gasteiger partial charge on any atom is -0.456 e. The van der Waals surface area contributed by atoms with Gasteiger partial charge >= 0.3 is 0 Å². The van der Waals surface area contributed by atoms with E-state index in [1.165, 1.54) is 0 Å². The van der Waals surface area contributed by atoms with Crippen molar-refractivity contribution >= 4 is 123 Å². The fourth-order valence-electron chi connectivity index (χ4n) is 16.7. The Morgan fingerprint density at radius 1 is 0.310 bits per heavy atom. The lowest BCUT2D eigenvalue weighted by Crippen LogP contribution is -2.62. The highest BCUT2D eigenvalue weighted by Crippen LogP contribution is 2.57. The maximum absolute atomic E-state index is 12.2. The molecule has 0 unspecified atom stereocenters. The van der Waals surface area contributed by atoms with Gasteiger partial charge in [0.15, 0.2) is 0 Å². The van der Waals surface area contributed by atoms with Crippen molar-refractivity contribution in [2.24, 2.45) is 0 Å². The van der Waals surface area contributed by atoms with Gasteiger partial charge in [0.2, 0.25) is 0 Å². The molecule has 0 amide bonds. The lowest BCUT2D eigenvalue weighted by Gasteiger charge is -2.47. The molecule has 2 aliphatic rings. The number of aromatic nitrogens is 2. The highest BCUT2D eigenvalue weighted by molar-refractivity contribution is 7.00. The van der Waals surface area contributed by atoms with Crippen molar-refractivity contribution in [1.82, 2.24) is 9.13 Å². The predicted molar refractivity (Wildman–Crippen MR) is 483 cm³/mol. The van der Waals surface area contributed by atoms with Crippen LogP contribution in [-0.2, 0) is 21.7 Å². The Bertz CT molecular complexity index is 8110. The summed E-state index contributed by atoms with van der Waals surface area (Å²) in [6.45, 7) is 17.6. The smallest absolute Gasteiger partial charge is 0.252 e. The van der Waals surface area contributed by atoms with Crippen LogP contribution in [0.25, 0.3) is 133 Å². The molecule has 0 aliphatic carbocycles. The van der Waals surface area contributed by atoms with Crippen LogP contribution in [0.4, 0.5) is 34.1 Å². The molecule has 6 heteroatoms. The molecule has 0 saturated carbocycles. The molecule has 5 heterocycles. The zero-order valence-corrected chi connectivity index (χ0v) is 64.8. The van der Waals surface area contributed by atoms with Gasteiger partial charge in [0.05, 0.1) is 59.5 Å². The number of hydrogen-bond acceptors (Lipinski definition) is 3. The van der Waals surface area contributed by atoms with Gasteiger partial charge in [-0.1, -0.05) is 289 Å². The quantitative estimate of drug-likeness (QED) is 0.135. The molecule has 3 aromatic heterocycles. The van der Waals surface area contributed by atoms with Crippen molar-refractivity contribution in [3.8, 4) is 67.0 Å². The molecule has 0 saturated heterocycles. The van der Waals surface area contributed by atoms with E-state index in [0.29, 0.717) is 83.6 Å². The van der Waals surface area contributed by atoms with E-state index >= 15 is 0 Å². The van der Waals surface area contributed by atoms with Gasteiger partial charge in [-0.25, -0.2) is 0 Å². The second kappa shape index (κ2) is 25.7. The topological polar surface area (TPSA) is 29.5 Å². The number of benzene rings is 15. The first kappa shape index (κ1) is 49.6. The van der Waals surface area contributed by atoms with Crippen LogP contribution in [0.3, 0.4) is 0 Å². The Morgan fingerprint density at radius 2 is 0.735 bits per heavy atom. The molecule has 0 spiro atoms. The number of hydrogen-bond donors (Lipinski definition) is 0. The van der Waals surface area contributed by atoms with E-state index < -0.39 is 177 Å². The zero-order chi connectivity index (χ0) is 96.3. The highest BCUT2D eigenvalue weighted by atomic mass is 16.3. The zero-order valence-electron chi connectivity index (χ0n) is 86.8. The summed E-state index contributed by atoms with van der Waals surface area (Å²) in [6.07, 6.45) is 0. The van der Waals surface area contributed by atoms with E-state index in [2.05, 4.69) is 65.8 Å². The van der Waals surface area contributed by atoms with Crippen molar-refractivity contribution in [1.29, 1.82) is 0 Å². The highest BCUT2D eigenvalue weighted by Gasteiger charge is 2.47. The first-order valence-corrected chi connectivity index (χ1v) is 38.4. The molecule has 0 fully saturated rings. The third-order valence-electron chi connectivity index (χ3n) is 22.5. The molecule has 548 valence electrons. The number of para-hydroxylation sites is 3. The van der Waals surface area contributed by atoms with Gasteiger partial charge in [-0.15, -0.1) is 0 Å². The Labute approximate surface area is 694 Å². The molecule has 0 atom stereocenters. The van der Waals surface area contributed by atoms with Crippen LogP contribution in [-0.4, -0.2) is 15.8 Å². The first-order chi connectivity index (χ1) is 63.7. The standard InChI is InChI=1S/C107H91BN4O/c1-66-54-78(110-91-44-30-27-41-80(91)87-59-74(105(5,6)7)48-52-93(87)110)65-97-100(66)108-89-50-49-77(109-90-43-29-26-40-79(90)86-58-73(104(2,3)4)47-51-92(86)109)64-94(89)111(102-82(67-32-18-14-19-33-67)60-75(106(8,9)10)61-83(102)68-34-20-15-21-35-68)95-56-72(71-46-53-99-88(55-71)81-42-28-31-45-98(81)113-99)57-96(101(95)108)112(97)103-84(69-36-22-16-23-37-69)62-76(107(11,12)13)63-85(103)70-38-24-17-25-39-70/h14-65H,1-13H3/i1D3,26D,27D,29D,30D,40D,41D,43D,44D,47D,48D,49D,50D,51D,52D,54D,58D,59D,64D,65D. The minimum atomic E-state index is -3.60. The Balaban J connectivity index is 1.10. The molecule has 0 radical (unpaired) electrons. The van der Waals surface area contributed by atoms with Crippen LogP contribution in [0.5, 0.6) is 0 Å². The summed E-state index contributed by atoms with van der Waals surface area (Å²) in [5.41, 5.74) is 1.60. The largest absolute Gasteiger partial charge is 0.456 e. The number of nitrogens with zero attached hydrogens (tertiary/aromatic N) is 4. The van der Waals surface area contributed by atoms with Gasteiger partial charge < -0.3 is 23.4 Å². The molecule has 0 N–H and O–H groups in total. The maximum Gasteiger partial charge on any atom is 0.252 e. The number of furan rings is 1. The van der Waals surface area contributed by atoms with Crippen LogP contribution < -0.4 is 26.2 Å². The van der Waals surface area contributed by atoms with E-state index in [1.54, 1.807) is 41.5 Å². The Kier molecular flexibility index (Phi) is 11.3. The van der Waals surface area contributed by atoms with E-state index in [0.717, 1.165) is 25.6 Å². The van der Waals surface area contributed by atoms with Crippen molar-refractivity contribution in [3.63, 3.8) is 0 Å². The van der Waals surface area contributed by atoms with E-state index in [4.69, 9.17) is 4.42 Å². The molecule has 2 aliphatic heterocycles. The van der Waals surface area contributed by atoms with Crippen LogP contribution in [0.1, 0.15) is 141 Å². The average molecular weight is 1480 g/mol. The van der Waals surface area contributed by atoms with Crippen molar-refractivity contribution in [3.05, 3.63) is 343 Å². The minimum absolute atomic E-state index is 0.0332. The summed E-state index contributed by atoms with van der Waals surface area (Å²) in [5.74, 6) is 0. The number of fused-ring (bicyclic) bond motifs is 13. The number of rotatable bonds is 9. The van der Waals surface area contributed by atoms with Crippen molar-refractivity contribution in [2.75, 3.05) is 9.80 Å². The Hall–Kier alpha value is -12.6. The van der Waals surface area contributed by atoms with Crippen molar-refractivity contribution in [2.45, 2.75) is 112 Å². The van der Waals surface area contributed by atoms with Gasteiger partial charge in [-0.05, 0) is 216 Å². The van der Waals surface area contributed by atoms with E-state index in [-0.39, 0.29) is 83.4 Å². The third kappa shape index (κ3) is 11.3. The van der Waals surface area contributed by atoms with Crippen LogP contribution in [0, 0.1) is 6.85 Å². The average Bonchev–Trinajstić information content (AvgIpc) is 1.54. The molecule has 113 heavy (non-hydrogen) atoms. The molecule has 5 nitrogen and oxygen atoms in total. The second-order valence-corrected chi connectivity index (χ2v) is 33.9. The van der Waals surface area contributed by atoms with Gasteiger partial charge in [-0.2, -0.15) is 0 Å². The normalized spacial score (nSPS) is 16.0. The van der Waals surface area contributed by atoms with Crippen LogP contribution in [0.15, 0.2) is 319 Å². The predicted octanol–water partition coefficient (Wildman–Crippen LogP) is 27.7. The van der Waals surface area contributed by atoms with Crippen molar-refractivity contribution < 1.29 is 34.6 Å². The lowest BCUT2D eigenvalue weighted by molar-refractivity contribution is 0.590. The summed E-state index contributed by atoms with van der Waals surface area (Å²) in [7, 11) is 0. The van der Waals surface area contributed by atoms with E-state index in [1.807, 2.05) is 186 Å². The summed E-state index contributed by atoms with van der Waals surface area (Å²) >= 11 is 0. The molecular formula is C107H91BN4O. The fraction of sp³-hybridized carbons (Fsp3) is 0.159. The van der Waals surface area contributed by atoms with Gasteiger partial charge in [0.1, 0.15) is 11.2 Å². The Morgan fingerprint density at radius 3 is 1.21 bits per heavy atom. The third-order valence-corrected chi connectivity index (χ3v) is 22.5. The molecule has 15 aromatic carbocycles. The number of anilines is 6. The first-order valence-electron chi connectivity index (χ1n) is 49.4. The second-order valence-electron chi connectivity index (χ2n) is 33.9. The molecule has 0 bridgehead atoms. The summed E-state index contributed by atoms with van der Waals surface area (Å²) < 4.78 is 239.